The summed E-state index contributed by atoms with van der Waals surface area (Å²) in [5.41, 5.74) is -0.515. The monoisotopic (exact) mass is 228 g/mol. The van der Waals surface area contributed by atoms with E-state index in [1.54, 1.807) is 7.05 Å². The van der Waals surface area contributed by atoms with Crippen LogP contribution in [0, 0.1) is 0 Å². The van der Waals surface area contributed by atoms with E-state index in [0.717, 1.165) is 32.2 Å². The fourth-order valence-electron chi connectivity index (χ4n) is 2.38. The van der Waals surface area contributed by atoms with Gasteiger partial charge in [-0.3, -0.25) is 9.59 Å². The third-order valence-electron chi connectivity index (χ3n) is 3.05. The molecule has 0 radical (unpaired) electrons. The molecule has 1 rings (SSSR count). The van der Waals surface area contributed by atoms with Gasteiger partial charge < -0.3 is 15.3 Å². The van der Waals surface area contributed by atoms with Gasteiger partial charge in [0.25, 0.3) is 0 Å². The average molecular weight is 228 g/mol. The van der Waals surface area contributed by atoms with Crippen LogP contribution in [-0.4, -0.2) is 47.6 Å². The van der Waals surface area contributed by atoms with E-state index >= 15 is 0 Å². The second-order valence-electron chi connectivity index (χ2n) is 4.42. The van der Waals surface area contributed by atoms with Gasteiger partial charge in [-0.15, -0.1) is 0 Å². The Kier molecular flexibility index (Phi) is 4.29. The zero-order chi connectivity index (χ0) is 12.2. The summed E-state index contributed by atoms with van der Waals surface area (Å²) in [6.07, 6.45) is 3.48. The lowest BCUT2D eigenvalue weighted by molar-refractivity contribution is -0.146. The molecule has 1 aliphatic heterocycles. The number of hydrogen-bond donors (Lipinski definition) is 2. The van der Waals surface area contributed by atoms with Crippen molar-refractivity contribution >= 4 is 11.9 Å². The minimum absolute atomic E-state index is 0.0887. The van der Waals surface area contributed by atoms with Crippen LogP contribution in [0.1, 0.15) is 32.6 Å². The summed E-state index contributed by atoms with van der Waals surface area (Å²) in [7, 11) is 1.55. The van der Waals surface area contributed by atoms with Gasteiger partial charge in [0.1, 0.15) is 6.54 Å². The Bertz CT molecular complexity index is 272. The standard InChI is InChI=1S/C11H20N2O3/c1-3-5-11(6-4-7-12-11)10(16)13(2)8-9(14)15/h12H,3-8H2,1-2H3,(H,14,15). The lowest BCUT2D eigenvalue weighted by Crippen LogP contribution is -2.54. The van der Waals surface area contributed by atoms with Crippen LogP contribution in [0.5, 0.6) is 0 Å². The number of carbonyl (C=O) groups excluding carboxylic acids is 1. The Hall–Kier alpha value is -1.10. The van der Waals surface area contributed by atoms with E-state index in [9.17, 15) is 9.59 Å². The van der Waals surface area contributed by atoms with Crippen molar-refractivity contribution in [3.8, 4) is 0 Å². The van der Waals surface area contributed by atoms with Crippen LogP contribution < -0.4 is 5.32 Å². The third kappa shape index (κ3) is 2.72. The molecule has 16 heavy (non-hydrogen) atoms. The molecule has 1 amide bonds. The molecule has 1 aliphatic rings. The molecule has 0 aromatic rings. The fraction of sp³-hybridized carbons (Fsp3) is 0.818. The van der Waals surface area contributed by atoms with Crippen molar-refractivity contribution in [3.63, 3.8) is 0 Å². The van der Waals surface area contributed by atoms with Crippen LogP contribution in [0.3, 0.4) is 0 Å². The third-order valence-corrected chi connectivity index (χ3v) is 3.05. The van der Waals surface area contributed by atoms with E-state index in [0.29, 0.717) is 0 Å². The first-order chi connectivity index (χ1) is 7.52. The number of carbonyl (C=O) groups is 2. The Morgan fingerprint density at radius 2 is 2.19 bits per heavy atom. The van der Waals surface area contributed by atoms with Gasteiger partial charge >= 0.3 is 5.97 Å². The molecule has 1 heterocycles. The Morgan fingerprint density at radius 3 is 2.62 bits per heavy atom. The van der Waals surface area contributed by atoms with Crippen molar-refractivity contribution in [2.75, 3.05) is 20.1 Å². The Morgan fingerprint density at radius 1 is 1.50 bits per heavy atom. The molecule has 1 saturated heterocycles. The number of carboxylic acids is 1. The summed E-state index contributed by atoms with van der Waals surface area (Å²) in [4.78, 5) is 24.1. The highest BCUT2D eigenvalue weighted by molar-refractivity contribution is 5.89. The van der Waals surface area contributed by atoms with E-state index < -0.39 is 11.5 Å². The predicted molar refractivity (Wildman–Crippen MR) is 60.1 cm³/mol. The van der Waals surface area contributed by atoms with Crippen LogP contribution >= 0.6 is 0 Å². The summed E-state index contributed by atoms with van der Waals surface area (Å²) >= 11 is 0. The number of carboxylic acid groups (broad SMARTS) is 1. The number of aliphatic carboxylic acids is 1. The van der Waals surface area contributed by atoms with Crippen LogP contribution in [-0.2, 0) is 9.59 Å². The van der Waals surface area contributed by atoms with Crippen molar-refractivity contribution in [2.45, 2.75) is 38.1 Å². The van der Waals surface area contributed by atoms with Gasteiger partial charge in [-0.1, -0.05) is 13.3 Å². The van der Waals surface area contributed by atoms with Gasteiger partial charge in [-0.05, 0) is 25.8 Å². The molecule has 5 nitrogen and oxygen atoms in total. The topological polar surface area (TPSA) is 69.6 Å². The zero-order valence-corrected chi connectivity index (χ0v) is 9.95. The van der Waals surface area contributed by atoms with Crippen molar-refractivity contribution in [1.29, 1.82) is 0 Å². The van der Waals surface area contributed by atoms with Gasteiger partial charge in [0.05, 0.1) is 5.54 Å². The second kappa shape index (κ2) is 5.30. The maximum absolute atomic E-state index is 12.2. The summed E-state index contributed by atoms with van der Waals surface area (Å²) in [6, 6.07) is 0. The number of nitrogens with zero attached hydrogens (tertiary/aromatic N) is 1. The Balaban J connectivity index is 2.71. The molecule has 0 aromatic heterocycles. The highest BCUT2D eigenvalue weighted by atomic mass is 16.4. The summed E-state index contributed by atoms with van der Waals surface area (Å²) in [6.45, 7) is 2.64. The van der Waals surface area contributed by atoms with Gasteiger partial charge in [0, 0.05) is 7.05 Å². The SMILES string of the molecule is CCCC1(C(=O)N(C)CC(=O)O)CCCN1. The maximum atomic E-state index is 12.2. The highest BCUT2D eigenvalue weighted by Gasteiger charge is 2.41. The van der Waals surface area contributed by atoms with Gasteiger partial charge in [-0.25, -0.2) is 0 Å². The Labute approximate surface area is 95.8 Å². The molecular weight excluding hydrogens is 208 g/mol. The molecule has 2 N–H and O–H groups in total. The van der Waals surface area contributed by atoms with Crippen LogP contribution in [0.4, 0.5) is 0 Å². The molecule has 0 saturated carbocycles. The molecule has 92 valence electrons. The molecule has 1 fully saturated rings. The van der Waals surface area contributed by atoms with E-state index in [-0.39, 0.29) is 12.5 Å². The lowest BCUT2D eigenvalue weighted by atomic mass is 9.90. The second-order valence-corrected chi connectivity index (χ2v) is 4.42. The maximum Gasteiger partial charge on any atom is 0.323 e. The van der Waals surface area contributed by atoms with Gasteiger partial charge in [-0.2, -0.15) is 0 Å². The van der Waals surface area contributed by atoms with Crippen molar-refractivity contribution in [1.82, 2.24) is 10.2 Å². The molecule has 0 aliphatic carbocycles. The first kappa shape index (κ1) is 13.0. The summed E-state index contributed by atoms with van der Waals surface area (Å²) in [5, 5.41) is 11.9. The van der Waals surface area contributed by atoms with E-state index in [4.69, 9.17) is 5.11 Å². The largest absolute Gasteiger partial charge is 0.480 e. The molecular formula is C11H20N2O3. The first-order valence-electron chi connectivity index (χ1n) is 5.74. The molecule has 1 unspecified atom stereocenters. The zero-order valence-electron chi connectivity index (χ0n) is 9.95. The van der Waals surface area contributed by atoms with Gasteiger partial charge in [0.2, 0.25) is 5.91 Å². The predicted octanol–water partition coefficient (Wildman–Crippen LogP) is 0.452. The smallest absolute Gasteiger partial charge is 0.323 e. The fourth-order valence-corrected chi connectivity index (χ4v) is 2.38. The molecule has 0 aromatic carbocycles. The van der Waals surface area contributed by atoms with Gasteiger partial charge in [0.15, 0.2) is 0 Å². The van der Waals surface area contributed by atoms with Crippen LogP contribution in [0.15, 0.2) is 0 Å². The minimum atomic E-state index is -0.972. The summed E-state index contributed by atoms with van der Waals surface area (Å²) in [5.74, 6) is -1.06. The van der Waals surface area contributed by atoms with E-state index in [2.05, 4.69) is 5.32 Å². The van der Waals surface area contributed by atoms with Crippen molar-refractivity contribution < 1.29 is 14.7 Å². The molecule has 5 heteroatoms. The number of hydrogen-bond acceptors (Lipinski definition) is 3. The first-order valence-corrected chi connectivity index (χ1v) is 5.74. The number of likely N-dealkylation sites (N-methyl/N-ethyl adjacent to an activating group) is 1. The van der Waals surface area contributed by atoms with Crippen LogP contribution in [0.25, 0.3) is 0 Å². The normalized spacial score (nSPS) is 24.4. The van der Waals surface area contributed by atoms with E-state index in [1.807, 2.05) is 6.92 Å². The summed E-state index contributed by atoms with van der Waals surface area (Å²) < 4.78 is 0. The number of nitrogens with one attached hydrogen (secondary N) is 1. The highest BCUT2D eigenvalue weighted by Crippen LogP contribution is 2.26. The number of rotatable bonds is 5. The molecule has 0 spiro atoms. The molecule has 0 bridgehead atoms. The molecule has 1 atom stereocenters. The van der Waals surface area contributed by atoms with Crippen molar-refractivity contribution in [3.05, 3.63) is 0 Å². The minimum Gasteiger partial charge on any atom is -0.480 e. The van der Waals surface area contributed by atoms with Crippen LogP contribution in [0.2, 0.25) is 0 Å². The van der Waals surface area contributed by atoms with E-state index in [1.165, 1.54) is 4.90 Å². The average Bonchev–Trinajstić information content (AvgIpc) is 2.66. The lowest BCUT2D eigenvalue weighted by Gasteiger charge is -2.31. The number of amides is 1. The van der Waals surface area contributed by atoms with Crippen molar-refractivity contribution in [2.24, 2.45) is 0 Å². The quantitative estimate of drug-likeness (QED) is 0.717.